The van der Waals surface area contributed by atoms with Gasteiger partial charge in [0.2, 0.25) is 0 Å². The highest BCUT2D eigenvalue weighted by Crippen LogP contribution is 2.31. The quantitative estimate of drug-likeness (QED) is 0.875. The SMILES string of the molecule is CC(Nc1cccc(C(F)(F)F)c1)c1ccco1. The molecule has 0 aliphatic rings. The number of rotatable bonds is 3. The summed E-state index contributed by atoms with van der Waals surface area (Å²) in [5.41, 5.74) is -0.257. The molecule has 5 heteroatoms. The Hall–Kier alpha value is -1.91. The highest BCUT2D eigenvalue weighted by atomic mass is 19.4. The van der Waals surface area contributed by atoms with Gasteiger partial charge in [-0.1, -0.05) is 6.07 Å². The summed E-state index contributed by atoms with van der Waals surface area (Å²) in [4.78, 5) is 0. The molecule has 1 N–H and O–H groups in total. The first-order valence-electron chi connectivity index (χ1n) is 5.44. The summed E-state index contributed by atoms with van der Waals surface area (Å²) in [6.07, 6.45) is -2.80. The van der Waals surface area contributed by atoms with Crippen molar-refractivity contribution in [2.75, 3.05) is 5.32 Å². The Kier molecular flexibility index (Phi) is 3.32. The van der Waals surface area contributed by atoms with E-state index in [4.69, 9.17) is 4.42 Å². The Morgan fingerprint density at radius 2 is 1.94 bits per heavy atom. The van der Waals surface area contributed by atoms with Crippen molar-refractivity contribution < 1.29 is 17.6 Å². The lowest BCUT2D eigenvalue weighted by Gasteiger charge is -2.14. The fourth-order valence-corrected chi connectivity index (χ4v) is 1.64. The second-order valence-electron chi connectivity index (χ2n) is 3.96. The second kappa shape index (κ2) is 4.76. The standard InChI is InChI=1S/C13H12F3NO/c1-9(12-6-3-7-18-12)17-11-5-2-4-10(8-11)13(14,15)16/h2-9,17H,1H3. The predicted octanol–water partition coefficient (Wildman–Crippen LogP) is 4.47. The second-order valence-corrected chi connectivity index (χ2v) is 3.96. The fourth-order valence-electron chi connectivity index (χ4n) is 1.64. The molecule has 0 spiro atoms. The normalized spacial score (nSPS) is 13.3. The van der Waals surface area contributed by atoms with Crippen LogP contribution in [0.1, 0.15) is 24.3 Å². The predicted molar refractivity (Wildman–Crippen MR) is 62.2 cm³/mol. The number of halogens is 3. The van der Waals surface area contributed by atoms with Gasteiger partial charge in [-0.25, -0.2) is 0 Å². The van der Waals surface area contributed by atoms with Gasteiger partial charge in [-0.05, 0) is 37.3 Å². The van der Waals surface area contributed by atoms with E-state index in [0.717, 1.165) is 12.1 Å². The minimum Gasteiger partial charge on any atom is -0.467 e. The van der Waals surface area contributed by atoms with Gasteiger partial charge in [0.25, 0.3) is 0 Å². The molecule has 96 valence electrons. The first-order valence-corrected chi connectivity index (χ1v) is 5.44. The molecule has 2 rings (SSSR count). The van der Waals surface area contributed by atoms with Gasteiger partial charge in [-0.3, -0.25) is 0 Å². The molecule has 18 heavy (non-hydrogen) atoms. The van der Waals surface area contributed by atoms with Crippen LogP contribution in [-0.2, 0) is 6.18 Å². The molecule has 0 aliphatic carbocycles. The minimum atomic E-state index is -4.33. The van der Waals surface area contributed by atoms with Crippen molar-refractivity contribution >= 4 is 5.69 Å². The van der Waals surface area contributed by atoms with E-state index in [-0.39, 0.29) is 6.04 Å². The molecule has 0 amide bonds. The third-order valence-corrected chi connectivity index (χ3v) is 2.54. The summed E-state index contributed by atoms with van der Waals surface area (Å²) in [6, 6.07) is 8.41. The van der Waals surface area contributed by atoms with Crippen LogP contribution in [0.5, 0.6) is 0 Å². The number of nitrogens with one attached hydrogen (secondary N) is 1. The van der Waals surface area contributed by atoms with Crippen LogP contribution in [0.25, 0.3) is 0 Å². The molecule has 0 radical (unpaired) electrons. The monoisotopic (exact) mass is 255 g/mol. The van der Waals surface area contributed by atoms with Crippen molar-refractivity contribution in [3.8, 4) is 0 Å². The molecule has 1 unspecified atom stereocenters. The number of benzene rings is 1. The maximum absolute atomic E-state index is 12.5. The molecule has 1 aromatic carbocycles. The third-order valence-electron chi connectivity index (χ3n) is 2.54. The zero-order valence-electron chi connectivity index (χ0n) is 9.66. The van der Waals surface area contributed by atoms with Gasteiger partial charge in [0.1, 0.15) is 5.76 Å². The van der Waals surface area contributed by atoms with E-state index in [2.05, 4.69) is 5.32 Å². The zero-order valence-corrected chi connectivity index (χ0v) is 9.66. The molecule has 1 heterocycles. The van der Waals surface area contributed by atoms with Crippen molar-refractivity contribution in [1.82, 2.24) is 0 Å². The lowest BCUT2D eigenvalue weighted by Crippen LogP contribution is -2.08. The summed E-state index contributed by atoms with van der Waals surface area (Å²) in [6.45, 7) is 1.82. The van der Waals surface area contributed by atoms with Crippen molar-refractivity contribution in [3.63, 3.8) is 0 Å². The van der Waals surface area contributed by atoms with Crippen LogP contribution in [0.4, 0.5) is 18.9 Å². The first kappa shape index (κ1) is 12.5. The average molecular weight is 255 g/mol. The van der Waals surface area contributed by atoms with E-state index in [1.807, 2.05) is 6.92 Å². The lowest BCUT2D eigenvalue weighted by atomic mass is 10.1. The summed E-state index contributed by atoms with van der Waals surface area (Å²) in [5.74, 6) is 0.674. The van der Waals surface area contributed by atoms with Gasteiger partial charge < -0.3 is 9.73 Å². The minimum absolute atomic E-state index is 0.191. The number of alkyl halides is 3. The lowest BCUT2D eigenvalue weighted by molar-refractivity contribution is -0.137. The average Bonchev–Trinajstić information content (AvgIpc) is 2.81. The van der Waals surface area contributed by atoms with E-state index >= 15 is 0 Å². The van der Waals surface area contributed by atoms with Gasteiger partial charge in [-0.2, -0.15) is 13.2 Å². The van der Waals surface area contributed by atoms with Crippen LogP contribution in [-0.4, -0.2) is 0 Å². The number of hydrogen-bond acceptors (Lipinski definition) is 2. The summed E-state index contributed by atoms with van der Waals surface area (Å²) in [5, 5.41) is 2.96. The van der Waals surface area contributed by atoms with Crippen molar-refractivity contribution in [2.24, 2.45) is 0 Å². The van der Waals surface area contributed by atoms with Gasteiger partial charge in [-0.15, -0.1) is 0 Å². The summed E-state index contributed by atoms with van der Waals surface area (Å²) < 4.78 is 42.8. The third kappa shape index (κ3) is 2.85. The summed E-state index contributed by atoms with van der Waals surface area (Å²) in [7, 11) is 0. The molecule has 0 bridgehead atoms. The first-order chi connectivity index (χ1) is 8.47. The molecule has 2 nitrogen and oxygen atoms in total. The highest BCUT2D eigenvalue weighted by molar-refractivity contribution is 5.47. The Bertz CT molecular complexity index is 505. The number of anilines is 1. The van der Waals surface area contributed by atoms with Crippen LogP contribution in [0.2, 0.25) is 0 Å². The van der Waals surface area contributed by atoms with E-state index in [1.165, 1.54) is 12.3 Å². The fraction of sp³-hybridized carbons (Fsp3) is 0.231. The molecule has 1 atom stereocenters. The largest absolute Gasteiger partial charge is 0.467 e. The molecule has 0 aliphatic heterocycles. The van der Waals surface area contributed by atoms with E-state index in [1.54, 1.807) is 18.2 Å². The Morgan fingerprint density at radius 1 is 1.17 bits per heavy atom. The van der Waals surface area contributed by atoms with Crippen LogP contribution in [0, 0.1) is 0 Å². The topological polar surface area (TPSA) is 25.2 Å². The van der Waals surface area contributed by atoms with Crippen molar-refractivity contribution in [2.45, 2.75) is 19.1 Å². The molecule has 1 aromatic heterocycles. The molecular weight excluding hydrogens is 243 g/mol. The molecule has 0 saturated heterocycles. The van der Waals surface area contributed by atoms with E-state index in [0.29, 0.717) is 11.4 Å². The molecule has 2 aromatic rings. The number of hydrogen-bond donors (Lipinski definition) is 1. The van der Waals surface area contributed by atoms with Gasteiger partial charge in [0.05, 0.1) is 17.9 Å². The highest BCUT2D eigenvalue weighted by Gasteiger charge is 2.30. The van der Waals surface area contributed by atoms with Crippen LogP contribution in [0.3, 0.4) is 0 Å². The number of furan rings is 1. The van der Waals surface area contributed by atoms with Crippen molar-refractivity contribution in [1.29, 1.82) is 0 Å². The van der Waals surface area contributed by atoms with Gasteiger partial charge >= 0.3 is 6.18 Å². The zero-order chi connectivity index (χ0) is 13.2. The van der Waals surface area contributed by atoms with Gasteiger partial charge in [0, 0.05) is 5.69 Å². The van der Waals surface area contributed by atoms with Crippen molar-refractivity contribution in [3.05, 3.63) is 54.0 Å². The Labute approximate surface area is 102 Å². The van der Waals surface area contributed by atoms with Gasteiger partial charge in [0.15, 0.2) is 0 Å². The van der Waals surface area contributed by atoms with Crippen LogP contribution >= 0.6 is 0 Å². The maximum Gasteiger partial charge on any atom is 0.416 e. The van der Waals surface area contributed by atoms with E-state index in [9.17, 15) is 13.2 Å². The Morgan fingerprint density at radius 3 is 2.56 bits per heavy atom. The maximum atomic E-state index is 12.5. The Balaban J connectivity index is 2.15. The summed E-state index contributed by atoms with van der Waals surface area (Å²) >= 11 is 0. The van der Waals surface area contributed by atoms with Crippen LogP contribution < -0.4 is 5.32 Å². The molecule has 0 saturated carbocycles. The molecule has 0 fully saturated rings. The van der Waals surface area contributed by atoms with E-state index < -0.39 is 11.7 Å². The van der Waals surface area contributed by atoms with Crippen LogP contribution in [0.15, 0.2) is 47.1 Å². The molecular formula is C13H12F3NO. The smallest absolute Gasteiger partial charge is 0.416 e.